The van der Waals surface area contributed by atoms with Gasteiger partial charge in [-0.2, -0.15) is 0 Å². The monoisotopic (exact) mass is 167 g/mol. The highest BCUT2D eigenvalue weighted by Gasteiger charge is 2.13. The maximum Gasteiger partial charge on any atom is 0.196 e. The Morgan fingerprint density at radius 1 is 1.50 bits per heavy atom. The summed E-state index contributed by atoms with van der Waals surface area (Å²) in [5, 5.41) is 7.57. The molecule has 64 valence electrons. The standard InChI is InChI=1S/C7H9N3O2/c11-4-6-8-9-7-5-12-3-1-2-10(6)7/h4H,1-3,5H2. The van der Waals surface area contributed by atoms with Crippen molar-refractivity contribution < 1.29 is 9.53 Å². The van der Waals surface area contributed by atoms with Crippen molar-refractivity contribution in [3.63, 3.8) is 0 Å². The van der Waals surface area contributed by atoms with Crippen molar-refractivity contribution in [3.8, 4) is 0 Å². The number of nitrogens with zero attached hydrogens (tertiary/aromatic N) is 3. The first-order chi connectivity index (χ1) is 5.92. The van der Waals surface area contributed by atoms with Crippen LogP contribution in [0.15, 0.2) is 0 Å². The summed E-state index contributed by atoms with van der Waals surface area (Å²) in [5.41, 5.74) is 0. The lowest BCUT2D eigenvalue weighted by Crippen LogP contribution is -2.04. The van der Waals surface area contributed by atoms with Gasteiger partial charge in [-0.25, -0.2) is 0 Å². The van der Waals surface area contributed by atoms with Crippen LogP contribution >= 0.6 is 0 Å². The summed E-state index contributed by atoms with van der Waals surface area (Å²) in [6, 6.07) is 0. The van der Waals surface area contributed by atoms with E-state index in [9.17, 15) is 4.79 Å². The second kappa shape index (κ2) is 3.02. The van der Waals surface area contributed by atoms with E-state index in [1.54, 1.807) is 4.57 Å². The van der Waals surface area contributed by atoms with Gasteiger partial charge in [-0.15, -0.1) is 10.2 Å². The van der Waals surface area contributed by atoms with Gasteiger partial charge in [-0.05, 0) is 6.42 Å². The number of aldehydes is 1. The van der Waals surface area contributed by atoms with E-state index in [0.29, 0.717) is 12.4 Å². The van der Waals surface area contributed by atoms with Crippen LogP contribution < -0.4 is 0 Å². The molecule has 12 heavy (non-hydrogen) atoms. The molecule has 0 bridgehead atoms. The summed E-state index contributed by atoms with van der Waals surface area (Å²) in [6.45, 7) is 1.96. The van der Waals surface area contributed by atoms with Crippen LogP contribution in [0.4, 0.5) is 0 Å². The van der Waals surface area contributed by atoms with Gasteiger partial charge in [0.2, 0.25) is 0 Å². The number of aromatic nitrogens is 3. The van der Waals surface area contributed by atoms with E-state index >= 15 is 0 Å². The maximum atomic E-state index is 10.5. The molecule has 5 nitrogen and oxygen atoms in total. The van der Waals surface area contributed by atoms with Crippen molar-refractivity contribution in [2.75, 3.05) is 6.61 Å². The molecular weight excluding hydrogens is 158 g/mol. The van der Waals surface area contributed by atoms with Gasteiger partial charge in [0.05, 0.1) is 0 Å². The van der Waals surface area contributed by atoms with Crippen LogP contribution in [-0.2, 0) is 17.9 Å². The van der Waals surface area contributed by atoms with Crippen molar-refractivity contribution in [3.05, 3.63) is 11.6 Å². The molecule has 1 aromatic heterocycles. The van der Waals surface area contributed by atoms with E-state index in [4.69, 9.17) is 4.74 Å². The number of carbonyl (C=O) groups is 1. The molecule has 0 unspecified atom stereocenters. The molecule has 0 aliphatic carbocycles. The summed E-state index contributed by atoms with van der Waals surface area (Å²) in [4.78, 5) is 10.5. The minimum atomic E-state index is 0.399. The fourth-order valence-corrected chi connectivity index (χ4v) is 1.27. The Labute approximate surface area is 69.4 Å². The van der Waals surface area contributed by atoms with Crippen LogP contribution in [0, 0.1) is 0 Å². The van der Waals surface area contributed by atoms with Crippen LogP contribution in [0.25, 0.3) is 0 Å². The van der Waals surface area contributed by atoms with Crippen LogP contribution in [0.1, 0.15) is 22.9 Å². The van der Waals surface area contributed by atoms with E-state index in [1.165, 1.54) is 0 Å². The Morgan fingerprint density at radius 3 is 3.25 bits per heavy atom. The van der Waals surface area contributed by atoms with Gasteiger partial charge in [-0.3, -0.25) is 4.79 Å². The molecule has 0 N–H and O–H groups in total. The molecule has 0 saturated heterocycles. The molecule has 0 amide bonds. The number of carbonyl (C=O) groups excluding carboxylic acids is 1. The molecule has 0 saturated carbocycles. The SMILES string of the molecule is O=Cc1nnc2n1CCCOC2. The Balaban J connectivity index is 2.38. The topological polar surface area (TPSA) is 57.0 Å². The number of hydrogen-bond acceptors (Lipinski definition) is 4. The number of hydrogen-bond donors (Lipinski definition) is 0. The predicted octanol–water partition coefficient (Wildman–Crippen LogP) is 0.0109. The molecule has 1 aliphatic heterocycles. The lowest BCUT2D eigenvalue weighted by atomic mass is 10.4. The largest absolute Gasteiger partial charge is 0.373 e. The van der Waals surface area contributed by atoms with E-state index in [0.717, 1.165) is 31.7 Å². The molecule has 1 aromatic rings. The summed E-state index contributed by atoms with van der Waals surface area (Å²) < 4.78 is 7.05. The zero-order valence-electron chi connectivity index (χ0n) is 6.56. The predicted molar refractivity (Wildman–Crippen MR) is 39.7 cm³/mol. The van der Waals surface area contributed by atoms with Crippen LogP contribution in [0.5, 0.6) is 0 Å². The molecule has 2 rings (SSSR count). The molecule has 1 aliphatic rings. The Bertz CT molecular complexity index is 295. The van der Waals surface area contributed by atoms with Crippen molar-refractivity contribution in [1.29, 1.82) is 0 Å². The van der Waals surface area contributed by atoms with Gasteiger partial charge in [0.1, 0.15) is 6.61 Å². The number of rotatable bonds is 1. The Hall–Kier alpha value is -1.23. The molecule has 5 heteroatoms. The van der Waals surface area contributed by atoms with Crippen molar-refractivity contribution >= 4 is 6.29 Å². The quantitative estimate of drug-likeness (QED) is 0.553. The smallest absolute Gasteiger partial charge is 0.196 e. The van der Waals surface area contributed by atoms with Gasteiger partial charge >= 0.3 is 0 Å². The first-order valence-electron chi connectivity index (χ1n) is 3.87. The summed E-state index contributed by atoms with van der Waals surface area (Å²) >= 11 is 0. The van der Waals surface area contributed by atoms with Crippen LogP contribution in [0.3, 0.4) is 0 Å². The molecular formula is C7H9N3O2. The van der Waals surface area contributed by atoms with Gasteiger partial charge in [0.25, 0.3) is 0 Å². The second-order valence-corrected chi connectivity index (χ2v) is 2.65. The van der Waals surface area contributed by atoms with E-state index in [1.807, 2.05) is 0 Å². The minimum absolute atomic E-state index is 0.399. The number of fused-ring (bicyclic) bond motifs is 1. The van der Waals surface area contributed by atoms with Gasteiger partial charge in [-0.1, -0.05) is 0 Å². The summed E-state index contributed by atoms with van der Waals surface area (Å²) in [7, 11) is 0. The summed E-state index contributed by atoms with van der Waals surface area (Å²) in [6.07, 6.45) is 1.63. The lowest BCUT2D eigenvalue weighted by molar-refractivity contribution is 0.111. The highest BCUT2D eigenvalue weighted by Crippen LogP contribution is 2.07. The van der Waals surface area contributed by atoms with Gasteiger partial charge < -0.3 is 9.30 Å². The molecule has 0 atom stereocenters. The first kappa shape index (κ1) is 7.42. The van der Waals surface area contributed by atoms with Crippen molar-refractivity contribution in [2.45, 2.75) is 19.6 Å². The molecule has 0 radical (unpaired) electrons. The first-order valence-corrected chi connectivity index (χ1v) is 3.87. The molecule has 0 fully saturated rings. The van der Waals surface area contributed by atoms with Crippen molar-refractivity contribution in [2.24, 2.45) is 0 Å². The van der Waals surface area contributed by atoms with Crippen molar-refractivity contribution in [1.82, 2.24) is 14.8 Å². The zero-order valence-corrected chi connectivity index (χ0v) is 6.56. The summed E-state index contributed by atoms with van der Waals surface area (Å²) in [5.74, 6) is 1.14. The normalized spacial score (nSPS) is 16.7. The average molecular weight is 167 g/mol. The van der Waals surface area contributed by atoms with E-state index < -0.39 is 0 Å². The third kappa shape index (κ3) is 1.12. The maximum absolute atomic E-state index is 10.5. The molecule has 0 aromatic carbocycles. The highest BCUT2D eigenvalue weighted by atomic mass is 16.5. The lowest BCUT2D eigenvalue weighted by Gasteiger charge is -1.99. The zero-order chi connectivity index (χ0) is 8.39. The molecule has 0 spiro atoms. The Kier molecular flexibility index (Phi) is 1.87. The average Bonchev–Trinajstić information content (AvgIpc) is 2.33. The highest BCUT2D eigenvalue weighted by molar-refractivity contribution is 5.68. The fraction of sp³-hybridized carbons (Fsp3) is 0.571. The molecule has 2 heterocycles. The number of ether oxygens (including phenoxy) is 1. The van der Waals surface area contributed by atoms with Gasteiger partial charge in [0.15, 0.2) is 17.9 Å². The van der Waals surface area contributed by atoms with Gasteiger partial charge in [0, 0.05) is 13.2 Å². The minimum Gasteiger partial charge on any atom is -0.373 e. The van der Waals surface area contributed by atoms with Crippen LogP contribution in [-0.4, -0.2) is 27.7 Å². The van der Waals surface area contributed by atoms with Crippen LogP contribution in [0.2, 0.25) is 0 Å². The van der Waals surface area contributed by atoms with E-state index in [-0.39, 0.29) is 0 Å². The third-order valence-electron chi connectivity index (χ3n) is 1.86. The second-order valence-electron chi connectivity index (χ2n) is 2.65. The van der Waals surface area contributed by atoms with E-state index in [2.05, 4.69) is 10.2 Å². The Morgan fingerprint density at radius 2 is 2.42 bits per heavy atom. The fourth-order valence-electron chi connectivity index (χ4n) is 1.27. The third-order valence-corrected chi connectivity index (χ3v) is 1.86.